The molecule has 2 aromatic rings. The van der Waals surface area contributed by atoms with Crippen LogP contribution in [0.25, 0.3) is 5.69 Å². The van der Waals surface area contributed by atoms with E-state index < -0.39 is 12.7 Å². The maximum absolute atomic E-state index is 12.3. The number of alkyl halides is 3. The van der Waals surface area contributed by atoms with Crippen LogP contribution in [0.15, 0.2) is 34.9 Å². The Kier molecular flexibility index (Phi) is 6.82. The van der Waals surface area contributed by atoms with E-state index in [0.717, 1.165) is 10.2 Å². The molecule has 1 N–H and O–H groups in total. The molecule has 0 bridgehead atoms. The van der Waals surface area contributed by atoms with Gasteiger partial charge in [0.05, 0.1) is 29.7 Å². The predicted molar refractivity (Wildman–Crippen MR) is 96.5 cm³/mol. The lowest BCUT2D eigenvalue weighted by molar-refractivity contribution is -0.143. The molecule has 0 aliphatic rings. The third-order valence-corrected chi connectivity index (χ3v) is 4.31. The number of halogens is 4. The molecule has 9 heteroatoms. The largest absolute Gasteiger partial charge is 0.401 e. The normalized spacial score (nSPS) is 11.8. The monoisotopic (exact) mass is 432 g/mol. The van der Waals surface area contributed by atoms with Gasteiger partial charge in [-0.1, -0.05) is 15.9 Å². The lowest BCUT2D eigenvalue weighted by Crippen LogP contribution is -2.33. The van der Waals surface area contributed by atoms with Gasteiger partial charge >= 0.3 is 6.18 Å². The van der Waals surface area contributed by atoms with Crippen molar-refractivity contribution in [2.75, 3.05) is 26.7 Å². The molecule has 0 unspecified atom stereocenters. The number of aromatic nitrogens is 2. The van der Waals surface area contributed by atoms with E-state index in [2.05, 4.69) is 26.3 Å². The third-order valence-electron chi connectivity index (χ3n) is 3.78. The first-order valence-corrected chi connectivity index (χ1v) is 8.81. The Morgan fingerprint density at radius 1 is 1.31 bits per heavy atom. The van der Waals surface area contributed by atoms with E-state index in [1.165, 1.54) is 18.1 Å². The molecule has 0 saturated heterocycles. The minimum absolute atomic E-state index is 0.247. The minimum Gasteiger partial charge on any atom is -0.352 e. The van der Waals surface area contributed by atoms with Crippen LogP contribution in [0, 0.1) is 6.92 Å². The van der Waals surface area contributed by atoms with Gasteiger partial charge in [0, 0.05) is 11.0 Å². The van der Waals surface area contributed by atoms with E-state index in [0.29, 0.717) is 24.2 Å². The van der Waals surface area contributed by atoms with Gasteiger partial charge in [-0.3, -0.25) is 9.69 Å². The molecule has 0 radical (unpaired) electrons. The maximum Gasteiger partial charge on any atom is 0.401 e. The first-order chi connectivity index (χ1) is 12.2. The quantitative estimate of drug-likeness (QED) is 0.680. The van der Waals surface area contributed by atoms with E-state index in [1.54, 1.807) is 11.6 Å². The second kappa shape index (κ2) is 8.68. The van der Waals surface area contributed by atoms with Gasteiger partial charge in [0.2, 0.25) is 0 Å². The van der Waals surface area contributed by atoms with Crippen LogP contribution in [0.2, 0.25) is 0 Å². The van der Waals surface area contributed by atoms with Crippen LogP contribution in [0.3, 0.4) is 0 Å². The molecule has 1 amide bonds. The molecule has 1 aromatic carbocycles. The van der Waals surface area contributed by atoms with Crippen molar-refractivity contribution in [3.05, 3.63) is 46.2 Å². The summed E-state index contributed by atoms with van der Waals surface area (Å²) in [6, 6.07) is 7.52. The summed E-state index contributed by atoms with van der Waals surface area (Å²) < 4.78 is 39.4. The van der Waals surface area contributed by atoms with Gasteiger partial charge in [0.1, 0.15) is 0 Å². The molecule has 0 atom stereocenters. The van der Waals surface area contributed by atoms with Gasteiger partial charge in [-0.2, -0.15) is 18.3 Å². The van der Waals surface area contributed by atoms with Crippen LogP contribution in [-0.4, -0.2) is 53.4 Å². The summed E-state index contributed by atoms with van der Waals surface area (Å²) in [4.78, 5) is 13.5. The fourth-order valence-corrected chi connectivity index (χ4v) is 2.77. The Morgan fingerprint density at radius 3 is 2.58 bits per heavy atom. The second-order valence-corrected chi connectivity index (χ2v) is 6.91. The predicted octanol–water partition coefficient (Wildman–Crippen LogP) is 3.56. The van der Waals surface area contributed by atoms with E-state index in [9.17, 15) is 18.0 Å². The second-order valence-electron chi connectivity index (χ2n) is 5.99. The number of nitrogens with one attached hydrogen (secondary N) is 1. The average molecular weight is 433 g/mol. The number of carbonyl (C=O) groups excluding carboxylic acids is 1. The number of carbonyl (C=O) groups is 1. The smallest absolute Gasteiger partial charge is 0.352 e. The highest BCUT2D eigenvalue weighted by Crippen LogP contribution is 2.17. The first-order valence-electron chi connectivity index (χ1n) is 8.01. The van der Waals surface area contributed by atoms with Crippen LogP contribution >= 0.6 is 15.9 Å². The zero-order valence-corrected chi connectivity index (χ0v) is 16.1. The molecular weight excluding hydrogens is 413 g/mol. The van der Waals surface area contributed by atoms with Crippen molar-refractivity contribution in [1.82, 2.24) is 20.0 Å². The zero-order valence-electron chi connectivity index (χ0n) is 14.5. The maximum atomic E-state index is 12.3. The number of hydrogen-bond donors (Lipinski definition) is 1. The topological polar surface area (TPSA) is 50.2 Å². The molecular formula is C17H20BrF3N4O. The van der Waals surface area contributed by atoms with Crippen LogP contribution in [0.4, 0.5) is 13.2 Å². The van der Waals surface area contributed by atoms with Crippen molar-refractivity contribution in [2.24, 2.45) is 0 Å². The van der Waals surface area contributed by atoms with Crippen LogP contribution in [-0.2, 0) is 0 Å². The molecule has 2 rings (SSSR count). The van der Waals surface area contributed by atoms with E-state index in [1.807, 2.05) is 24.3 Å². The van der Waals surface area contributed by atoms with Crippen molar-refractivity contribution in [3.8, 4) is 5.69 Å². The molecule has 142 valence electrons. The Balaban J connectivity index is 1.88. The fraction of sp³-hybridized carbons (Fsp3) is 0.412. The lowest BCUT2D eigenvalue weighted by Gasteiger charge is -2.18. The Labute approximate surface area is 158 Å². The third kappa shape index (κ3) is 5.84. The molecule has 1 heterocycles. The van der Waals surface area contributed by atoms with Crippen LogP contribution in [0.1, 0.15) is 22.5 Å². The van der Waals surface area contributed by atoms with Crippen molar-refractivity contribution in [2.45, 2.75) is 19.5 Å². The van der Waals surface area contributed by atoms with E-state index >= 15 is 0 Å². The number of hydrogen-bond acceptors (Lipinski definition) is 3. The highest BCUT2D eigenvalue weighted by Gasteiger charge is 2.28. The van der Waals surface area contributed by atoms with E-state index in [-0.39, 0.29) is 12.5 Å². The summed E-state index contributed by atoms with van der Waals surface area (Å²) >= 11 is 3.37. The summed E-state index contributed by atoms with van der Waals surface area (Å²) in [6.45, 7) is 1.38. The number of nitrogens with zero attached hydrogens (tertiary/aromatic N) is 3. The first kappa shape index (κ1) is 20.4. The fourth-order valence-electron chi connectivity index (χ4n) is 2.51. The average Bonchev–Trinajstić information content (AvgIpc) is 2.92. The summed E-state index contributed by atoms with van der Waals surface area (Å²) in [7, 11) is 1.40. The summed E-state index contributed by atoms with van der Waals surface area (Å²) in [5, 5.41) is 6.96. The SMILES string of the molecule is Cc1c(C(=O)NCCCN(C)CC(F)(F)F)cnn1-c1ccc(Br)cc1. The van der Waals surface area contributed by atoms with Crippen molar-refractivity contribution in [3.63, 3.8) is 0 Å². The Bertz CT molecular complexity index is 743. The van der Waals surface area contributed by atoms with Gasteiger partial charge in [-0.15, -0.1) is 0 Å². The van der Waals surface area contributed by atoms with Crippen molar-refractivity contribution >= 4 is 21.8 Å². The van der Waals surface area contributed by atoms with Crippen molar-refractivity contribution in [1.29, 1.82) is 0 Å². The minimum atomic E-state index is -4.21. The van der Waals surface area contributed by atoms with Gasteiger partial charge < -0.3 is 5.32 Å². The molecule has 0 aliphatic carbocycles. The standard InChI is InChI=1S/C17H20BrF3N4O/c1-12-15(10-23-25(12)14-6-4-13(18)5-7-14)16(26)22-8-3-9-24(2)11-17(19,20)21/h4-7,10H,3,8-9,11H2,1-2H3,(H,22,26). The zero-order chi connectivity index (χ0) is 19.3. The number of amides is 1. The Hall–Kier alpha value is -1.87. The van der Waals surface area contributed by atoms with Crippen LogP contribution < -0.4 is 5.32 Å². The molecule has 1 aromatic heterocycles. The number of rotatable bonds is 7. The van der Waals surface area contributed by atoms with Crippen molar-refractivity contribution < 1.29 is 18.0 Å². The Morgan fingerprint density at radius 2 is 1.96 bits per heavy atom. The molecule has 5 nitrogen and oxygen atoms in total. The summed E-state index contributed by atoms with van der Waals surface area (Å²) in [5.74, 6) is -0.288. The number of benzene rings is 1. The molecule has 0 fully saturated rings. The van der Waals surface area contributed by atoms with E-state index in [4.69, 9.17) is 0 Å². The molecule has 0 aliphatic heterocycles. The molecule has 0 spiro atoms. The molecule has 26 heavy (non-hydrogen) atoms. The highest BCUT2D eigenvalue weighted by molar-refractivity contribution is 9.10. The van der Waals surface area contributed by atoms with Crippen LogP contribution in [0.5, 0.6) is 0 Å². The summed E-state index contributed by atoms with van der Waals surface area (Å²) in [5.41, 5.74) is 1.97. The van der Waals surface area contributed by atoms with Gasteiger partial charge in [0.15, 0.2) is 0 Å². The van der Waals surface area contributed by atoms with Gasteiger partial charge in [0.25, 0.3) is 5.91 Å². The lowest BCUT2D eigenvalue weighted by atomic mass is 10.2. The van der Waals surface area contributed by atoms with Gasteiger partial charge in [-0.25, -0.2) is 4.68 Å². The molecule has 0 saturated carbocycles. The van der Waals surface area contributed by atoms with Gasteiger partial charge in [-0.05, 0) is 51.2 Å². The highest BCUT2D eigenvalue weighted by atomic mass is 79.9. The summed E-state index contributed by atoms with van der Waals surface area (Å²) in [6.07, 6.45) is -2.29.